The van der Waals surface area contributed by atoms with Crippen molar-refractivity contribution < 1.29 is 9.53 Å². The predicted molar refractivity (Wildman–Crippen MR) is 72.8 cm³/mol. The van der Waals surface area contributed by atoms with Crippen molar-refractivity contribution in [3.05, 3.63) is 29.8 Å². The normalized spacial score (nSPS) is 10.1. The molecule has 1 aromatic rings. The number of nitrogens with one attached hydrogen (secondary N) is 2. The summed E-state index contributed by atoms with van der Waals surface area (Å²) in [4.78, 5) is 11.5. The van der Waals surface area contributed by atoms with Crippen molar-refractivity contribution in [1.29, 1.82) is 0 Å². The third-order valence-electron chi connectivity index (χ3n) is 2.51. The van der Waals surface area contributed by atoms with E-state index in [4.69, 9.17) is 4.74 Å². The number of aryl methyl sites for hydroxylation is 1. The highest BCUT2D eigenvalue weighted by atomic mass is 16.5. The summed E-state index contributed by atoms with van der Waals surface area (Å²) in [5.41, 5.74) is 1.16. The second-order valence-corrected chi connectivity index (χ2v) is 4.22. The van der Waals surface area contributed by atoms with E-state index in [1.807, 2.05) is 38.2 Å². The van der Waals surface area contributed by atoms with Crippen LogP contribution in [0.1, 0.15) is 18.4 Å². The first-order chi connectivity index (χ1) is 8.72. The van der Waals surface area contributed by atoms with Gasteiger partial charge in [-0.1, -0.05) is 12.1 Å². The molecule has 18 heavy (non-hydrogen) atoms. The highest BCUT2D eigenvalue weighted by Gasteiger charge is 2.01. The Labute approximate surface area is 109 Å². The molecule has 0 bridgehead atoms. The molecule has 0 aromatic heterocycles. The summed E-state index contributed by atoms with van der Waals surface area (Å²) < 4.78 is 5.51. The Balaban J connectivity index is 2.12. The van der Waals surface area contributed by atoms with E-state index < -0.39 is 0 Å². The van der Waals surface area contributed by atoms with Crippen molar-refractivity contribution in [3.63, 3.8) is 0 Å². The molecule has 4 heteroatoms. The topological polar surface area (TPSA) is 50.4 Å². The van der Waals surface area contributed by atoms with Gasteiger partial charge in [0, 0.05) is 6.54 Å². The summed E-state index contributed by atoms with van der Waals surface area (Å²) in [5, 5.41) is 5.89. The second kappa shape index (κ2) is 8.53. The number of amides is 1. The number of carbonyl (C=O) groups is 1. The number of rotatable bonds is 8. The molecule has 100 valence electrons. The Morgan fingerprint density at radius 3 is 2.89 bits per heavy atom. The number of hydrogen-bond acceptors (Lipinski definition) is 3. The molecule has 0 radical (unpaired) electrons. The lowest BCUT2D eigenvalue weighted by atomic mass is 10.2. The molecule has 0 atom stereocenters. The minimum absolute atomic E-state index is 0.0405. The maximum Gasteiger partial charge on any atom is 0.223 e. The monoisotopic (exact) mass is 250 g/mol. The minimum atomic E-state index is 0.0405. The first kappa shape index (κ1) is 14.5. The molecule has 0 fully saturated rings. The molecule has 2 N–H and O–H groups in total. The van der Waals surface area contributed by atoms with E-state index in [1.165, 1.54) is 0 Å². The van der Waals surface area contributed by atoms with Crippen LogP contribution in [0.25, 0.3) is 0 Å². The van der Waals surface area contributed by atoms with Gasteiger partial charge < -0.3 is 15.4 Å². The Hall–Kier alpha value is -1.55. The van der Waals surface area contributed by atoms with Crippen LogP contribution in [-0.2, 0) is 4.79 Å². The molecular weight excluding hydrogens is 228 g/mol. The van der Waals surface area contributed by atoms with Crippen LogP contribution >= 0.6 is 0 Å². The molecule has 1 rings (SSSR count). The number of benzene rings is 1. The first-order valence-corrected chi connectivity index (χ1v) is 6.33. The molecule has 4 nitrogen and oxygen atoms in total. The molecule has 0 unspecified atom stereocenters. The molecule has 0 saturated heterocycles. The fourth-order valence-electron chi connectivity index (χ4n) is 1.55. The van der Waals surface area contributed by atoms with Crippen LogP contribution in [0.2, 0.25) is 0 Å². The highest BCUT2D eigenvalue weighted by Crippen LogP contribution is 2.12. The zero-order valence-electron chi connectivity index (χ0n) is 11.2. The number of hydrogen-bond donors (Lipinski definition) is 2. The Bertz CT molecular complexity index is 367. The smallest absolute Gasteiger partial charge is 0.223 e. The average Bonchev–Trinajstić information content (AvgIpc) is 2.35. The molecule has 0 saturated carbocycles. The lowest BCUT2D eigenvalue weighted by Crippen LogP contribution is -2.27. The lowest BCUT2D eigenvalue weighted by molar-refractivity contribution is -0.121. The lowest BCUT2D eigenvalue weighted by Gasteiger charge is -2.07. The van der Waals surface area contributed by atoms with Crippen LogP contribution in [-0.4, -0.2) is 32.7 Å². The van der Waals surface area contributed by atoms with E-state index in [9.17, 15) is 4.79 Å². The van der Waals surface area contributed by atoms with Gasteiger partial charge in [0.2, 0.25) is 5.91 Å². The summed E-state index contributed by atoms with van der Waals surface area (Å²) in [6.45, 7) is 4.06. The second-order valence-electron chi connectivity index (χ2n) is 4.22. The van der Waals surface area contributed by atoms with Gasteiger partial charge in [-0.2, -0.15) is 0 Å². The van der Waals surface area contributed by atoms with Gasteiger partial charge in [-0.3, -0.25) is 4.79 Å². The SMILES string of the molecule is CNCCCNC(=O)CCOc1cccc(C)c1. The van der Waals surface area contributed by atoms with Crippen molar-refractivity contribution in [3.8, 4) is 5.75 Å². The van der Waals surface area contributed by atoms with Crippen LogP contribution < -0.4 is 15.4 Å². The number of ether oxygens (including phenoxy) is 1. The van der Waals surface area contributed by atoms with Crippen LogP contribution in [0, 0.1) is 6.92 Å². The maximum atomic E-state index is 11.5. The van der Waals surface area contributed by atoms with Gasteiger partial charge in [-0.15, -0.1) is 0 Å². The van der Waals surface area contributed by atoms with Gasteiger partial charge >= 0.3 is 0 Å². The van der Waals surface area contributed by atoms with E-state index in [0.29, 0.717) is 19.6 Å². The third kappa shape index (κ3) is 6.25. The summed E-state index contributed by atoms with van der Waals surface area (Å²) in [6.07, 6.45) is 1.34. The van der Waals surface area contributed by atoms with Crippen LogP contribution in [0.5, 0.6) is 5.75 Å². The molecule has 1 aromatic carbocycles. The third-order valence-corrected chi connectivity index (χ3v) is 2.51. The molecule has 0 aliphatic heterocycles. The first-order valence-electron chi connectivity index (χ1n) is 6.33. The van der Waals surface area contributed by atoms with Crippen LogP contribution in [0.4, 0.5) is 0 Å². The fourth-order valence-corrected chi connectivity index (χ4v) is 1.55. The van der Waals surface area contributed by atoms with Crippen molar-refractivity contribution in [2.45, 2.75) is 19.8 Å². The Kier molecular flexibility index (Phi) is 6.87. The van der Waals surface area contributed by atoms with Crippen molar-refractivity contribution >= 4 is 5.91 Å². The van der Waals surface area contributed by atoms with E-state index >= 15 is 0 Å². The Morgan fingerprint density at radius 2 is 2.17 bits per heavy atom. The summed E-state index contributed by atoms with van der Waals surface area (Å²) in [5.74, 6) is 0.858. The standard InChI is InChI=1S/C14H22N2O2/c1-12-5-3-6-13(11-12)18-10-7-14(17)16-9-4-8-15-2/h3,5-6,11,15H,4,7-10H2,1-2H3,(H,16,17). The largest absolute Gasteiger partial charge is 0.493 e. The fraction of sp³-hybridized carbons (Fsp3) is 0.500. The quantitative estimate of drug-likeness (QED) is 0.687. The van der Waals surface area contributed by atoms with Gasteiger partial charge in [0.15, 0.2) is 0 Å². The van der Waals surface area contributed by atoms with E-state index in [-0.39, 0.29) is 5.91 Å². The van der Waals surface area contributed by atoms with Gasteiger partial charge in [0.25, 0.3) is 0 Å². The van der Waals surface area contributed by atoms with E-state index in [1.54, 1.807) is 0 Å². The molecule has 0 aliphatic rings. The van der Waals surface area contributed by atoms with Crippen LogP contribution in [0.3, 0.4) is 0 Å². The highest BCUT2D eigenvalue weighted by molar-refractivity contribution is 5.75. The van der Waals surface area contributed by atoms with Crippen molar-refractivity contribution in [2.75, 3.05) is 26.7 Å². The summed E-state index contributed by atoms with van der Waals surface area (Å²) >= 11 is 0. The molecular formula is C14H22N2O2. The predicted octanol–water partition coefficient (Wildman–Crippen LogP) is 1.49. The van der Waals surface area contributed by atoms with Gasteiger partial charge in [-0.05, 0) is 44.6 Å². The minimum Gasteiger partial charge on any atom is -0.493 e. The van der Waals surface area contributed by atoms with Gasteiger partial charge in [-0.25, -0.2) is 0 Å². The maximum absolute atomic E-state index is 11.5. The van der Waals surface area contributed by atoms with Crippen molar-refractivity contribution in [1.82, 2.24) is 10.6 Å². The van der Waals surface area contributed by atoms with Crippen LogP contribution in [0.15, 0.2) is 24.3 Å². The van der Waals surface area contributed by atoms with Gasteiger partial charge in [0.1, 0.15) is 5.75 Å². The summed E-state index contributed by atoms with van der Waals surface area (Å²) in [7, 11) is 1.90. The zero-order valence-corrected chi connectivity index (χ0v) is 11.2. The number of carbonyl (C=O) groups excluding carboxylic acids is 1. The average molecular weight is 250 g/mol. The molecule has 1 amide bonds. The Morgan fingerprint density at radius 1 is 1.33 bits per heavy atom. The van der Waals surface area contributed by atoms with E-state index in [2.05, 4.69) is 10.6 Å². The molecule has 0 aliphatic carbocycles. The van der Waals surface area contributed by atoms with Gasteiger partial charge in [0.05, 0.1) is 13.0 Å². The molecule has 0 spiro atoms. The zero-order chi connectivity index (χ0) is 13.2. The van der Waals surface area contributed by atoms with Crippen molar-refractivity contribution in [2.24, 2.45) is 0 Å². The summed E-state index contributed by atoms with van der Waals surface area (Å²) in [6, 6.07) is 7.83. The molecule has 0 heterocycles. The van der Waals surface area contributed by atoms with E-state index in [0.717, 1.165) is 24.3 Å².